The van der Waals surface area contributed by atoms with Crippen LogP contribution in [0.2, 0.25) is 0 Å². The molecule has 0 spiro atoms. The van der Waals surface area contributed by atoms with Crippen molar-refractivity contribution in [2.75, 3.05) is 6.54 Å². The van der Waals surface area contributed by atoms with Crippen LogP contribution in [-0.2, 0) is 4.79 Å². The van der Waals surface area contributed by atoms with Crippen LogP contribution in [-0.4, -0.2) is 29.2 Å². The van der Waals surface area contributed by atoms with E-state index in [1.165, 1.54) is 12.8 Å². The zero-order chi connectivity index (χ0) is 11.6. The van der Waals surface area contributed by atoms with Crippen molar-refractivity contribution in [2.24, 2.45) is 11.7 Å². The van der Waals surface area contributed by atoms with Crippen LogP contribution in [0, 0.1) is 5.92 Å². The number of rotatable bonds is 5. The zero-order valence-corrected chi connectivity index (χ0v) is 9.74. The summed E-state index contributed by atoms with van der Waals surface area (Å²) in [6, 6.07) is 0.0122. The molecule has 0 aromatic rings. The Kier molecular flexibility index (Phi) is 3.50. The summed E-state index contributed by atoms with van der Waals surface area (Å²) in [7, 11) is 0. The topological polar surface area (TPSA) is 75.4 Å². The van der Waals surface area contributed by atoms with Crippen molar-refractivity contribution in [1.82, 2.24) is 5.32 Å². The number of amides is 1. The molecule has 2 fully saturated rings. The van der Waals surface area contributed by atoms with Crippen molar-refractivity contribution >= 4 is 5.91 Å². The molecule has 2 aliphatic rings. The van der Waals surface area contributed by atoms with Gasteiger partial charge in [-0.25, -0.2) is 0 Å². The molecule has 0 radical (unpaired) electrons. The van der Waals surface area contributed by atoms with Gasteiger partial charge >= 0.3 is 0 Å². The van der Waals surface area contributed by atoms with Gasteiger partial charge in [0.2, 0.25) is 5.91 Å². The van der Waals surface area contributed by atoms with Crippen LogP contribution in [0.1, 0.15) is 44.9 Å². The highest BCUT2D eigenvalue weighted by atomic mass is 16.3. The highest BCUT2D eigenvalue weighted by molar-refractivity contribution is 5.76. The van der Waals surface area contributed by atoms with Crippen LogP contribution in [0.3, 0.4) is 0 Å². The van der Waals surface area contributed by atoms with Crippen molar-refractivity contribution in [1.29, 1.82) is 0 Å². The predicted octanol–water partition coefficient (Wildman–Crippen LogP) is 0.535. The minimum atomic E-state index is -0.653. The first kappa shape index (κ1) is 11.9. The third-order valence-corrected chi connectivity index (χ3v) is 3.80. The van der Waals surface area contributed by atoms with Gasteiger partial charge in [-0.2, -0.15) is 0 Å². The van der Waals surface area contributed by atoms with Gasteiger partial charge in [-0.3, -0.25) is 4.79 Å². The largest absolute Gasteiger partial charge is 0.388 e. The fourth-order valence-electron chi connectivity index (χ4n) is 2.45. The van der Waals surface area contributed by atoms with E-state index in [1.54, 1.807) is 0 Å². The summed E-state index contributed by atoms with van der Waals surface area (Å²) in [6.07, 6.45) is 6.48. The maximum Gasteiger partial charge on any atom is 0.221 e. The first-order valence-corrected chi connectivity index (χ1v) is 6.34. The van der Waals surface area contributed by atoms with Crippen molar-refractivity contribution in [2.45, 2.75) is 56.6 Å². The molecule has 0 saturated heterocycles. The van der Waals surface area contributed by atoms with Crippen molar-refractivity contribution in [3.8, 4) is 0 Å². The molecule has 2 rings (SSSR count). The minimum absolute atomic E-state index is 0.0122. The standard InChI is InChI=1S/C12H22N2O2/c13-10(9-3-4-9)7-11(15)14-8-12(16)5-1-2-6-12/h9-10,16H,1-8,13H2,(H,14,15). The molecular weight excluding hydrogens is 204 g/mol. The normalized spacial score (nSPS) is 25.4. The van der Waals surface area contributed by atoms with Crippen LogP contribution in [0.4, 0.5) is 0 Å². The monoisotopic (exact) mass is 226 g/mol. The first-order valence-electron chi connectivity index (χ1n) is 6.34. The number of carbonyl (C=O) groups is 1. The Morgan fingerprint density at radius 1 is 1.44 bits per heavy atom. The molecule has 1 amide bonds. The van der Waals surface area contributed by atoms with E-state index in [0.29, 0.717) is 18.9 Å². The van der Waals surface area contributed by atoms with Gasteiger partial charge in [-0.15, -0.1) is 0 Å². The quantitative estimate of drug-likeness (QED) is 0.640. The van der Waals surface area contributed by atoms with Gasteiger partial charge in [0.15, 0.2) is 0 Å². The van der Waals surface area contributed by atoms with Gasteiger partial charge in [0.05, 0.1) is 5.60 Å². The third-order valence-electron chi connectivity index (χ3n) is 3.80. The molecule has 0 aromatic carbocycles. The molecule has 92 valence electrons. The van der Waals surface area contributed by atoms with Gasteiger partial charge in [0.25, 0.3) is 0 Å². The maximum absolute atomic E-state index is 11.6. The van der Waals surface area contributed by atoms with E-state index in [2.05, 4.69) is 5.32 Å². The van der Waals surface area contributed by atoms with Gasteiger partial charge < -0.3 is 16.2 Å². The van der Waals surface area contributed by atoms with Crippen molar-refractivity contribution in [3.63, 3.8) is 0 Å². The summed E-state index contributed by atoms with van der Waals surface area (Å²) in [6.45, 7) is 0.392. The lowest BCUT2D eigenvalue weighted by molar-refractivity contribution is -0.122. The second-order valence-electron chi connectivity index (χ2n) is 5.41. The van der Waals surface area contributed by atoms with Crippen molar-refractivity contribution < 1.29 is 9.90 Å². The Bertz CT molecular complexity index is 258. The van der Waals surface area contributed by atoms with Gasteiger partial charge in [0.1, 0.15) is 0 Å². The molecule has 4 heteroatoms. The summed E-state index contributed by atoms with van der Waals surface area (Å²) in [4.78, 5) is 11.6. The van der Waals surface area contributed by atoms with Crippen LogP contribution >= 0.6 is 0 Å². The average Bonchev–Trinajstić information content (AvgIpc) is 3.00. The highest BCUT2D eigenvalue weighted by Gasteiger charge is 2.33. The summed E-state index contributed by atoms with van der Waals surface area (Å²) in [5.41, 5.74) is 5.22. The molecule has 2 saturated carbocycles. The molecule has 16 heavy (non-hydrogen) atoms. The van der Waals surface area contributed by atoms with E-state index >= 15 is 0 Å². The number of aliphatic hydroxyl groups is 1. The summed E-state index contributed by atoms with van der Waals surface area (Å²) in [5.74, 6) is 0.542. The lowest BCUT2D eigenvalue weighted by Gasteiger charge is -2.22. The molecule has 4 N–H and O–H groups in total. The molecule has 0 aromatic heterocycles. The van der Waals surface area contributed by atoms with Crippen LogP contribution < -0.4 is 11.1 Å². The molecular formula is C12H22N2O2. The molecule has 4 nitrogen and oxygen atoms in total. The fraction of sp³-hybridized carbons (Fsp3) is 0.917. The lowest BCUT2D eigenvalue weighted by Crippen LogP contribution is -2.42. The maximum atomic E-state index is 11.6. The van der Waals surface area contributed by atoms with E-state index in [4.69, 9.17) is 5.73 Å². The Labute approximate surface area is 96.6 Å². The number of carbonyl (C=O) groups excluding carboxylic acids is 1. The third kappa shape index (κ3) is 3.19. The minimum Gasteiger partial charge on any atom is -0.388 e. The second-order valence-corrected chi connectivity index (χ2v) is 5.41. The Hall–Kier alpha value is -0.610. The molecule has 1 atom stereocenters. The van der Waals surface area contributed by atoms with E-state index in [-0.39, 0.29) is 11.9 Å². The SMILES string of the molecule is NC(CC(=O)NCC1(O)CCCC1)C1CC1. The molecule has 1 unspecified atom stereocenters. The van der Waals surface area contributed by atoms with Crippen LogP contribution in [0.15, 0.2) is 0 Å². The number of hydrogen-bond acceptors (Lipinski definition) is 3. The molecule has 0 heterocycles. The Morgan fingerprint density at radius 2 is 2.06 bits per heavy atom. The highest BCUT2D eigenvalue weighted by Crippen LogP contribution is 2.33. The van der Waals surface area contributed by atoms with E-state index in [0.717, 1.165) is 25.7 Å². The van der Waals surface area contributed by atoms with Crippen LogP contribution in [0.5, 0.6) is 0 Å². The van der Waals surface area contributed by atoms with Crippen molar-refractivity contribution in [3.05, 3.63) is 0 Å². The predicted molar refractivity (Wildman–Crippen MR) is 61.7 cm³/mol. The average molecular weight is 226 g/mol. The molecule has 0 aliphatic heterocycles. The second kappa shape index (κ2) is 4.72. The number of hydrogen-bond donors (Lipinski definition) is 3. The summed E-state index contributed by atoms with van der Waals surface area (Å²) in [5, 5.41) is 12.9. The fourth-order valence-corrected chi connectivity index (χ4v) is 2.45. The van der Waals surface area contributed by atoms with Crippen LogP contribution in [0.25, 0.3) is 0 Å². The van der Waals surface area contributed by atoms with Gasteiger partial charge in [-0.05, 0) is 31.6 Å². The van der Waals surface area contributed by atoms with Gasteiger partial charge in [0, 0.05) is 19.0 Å². The van der Waals surface area contributed by atoms with E-state index < -0.39 is 5.60 Å². The summed E-state index contributed by atoms with van der Waals surface area (Å²) < 4.78 is 0. The van der Waals surface area contributed by atoms with E-state index in [1.807, 2.05) is 0 Å². The summed E-state index contributed by atoms with van der Waals surface area (Å²) >= 11 is 0. The Balaban J connectivity index is 1.66. The first-order chi connectivity index (χ1) is 7.59. The van der Waals surface area contributed by atoms with E-state index in [9.17, 15) is 9.90 Å². The van der Waals surface area contributed by atoms with Gasteiger partial charge in [-0.1, -0.05) is 12.8 Å². The number of nitrogens with one attached hydrogen (secondary N) is 1. The molecule has 0 bridgehead atoms. The lowest BCUT2D eigenvalue weighted by atomic mass is 10.0. The Morgan fingerprint density at radius 3 is 2.62 bits per heavy atom. The smallest absolute Gasteiger partial charge is 0.221 e. The number of nitrogens with two attached hydrogens (primary N) is 1. The molecule has 2 aliphatic carbocycles. The zero-order valence-electron chi connectivity index (χ0n) is 9.74.